The van der Waals surface area contributed by atoms with Crippen LogP contribution in [0.4, 0.5) is 0 Å². The van der Waals surface area contributed by atoms with Crippen LogP contribution in [0.5, 0.6) is 0 Å². The molecule has 8 nitrogen and oxygen atoms in total. The Labute approximate surface area is 203 Å². The van der Waals surface area contributed by atoms with Crippen molar-refractivity contribution >= 4 is 11.8 Å². The van der Waals surface area contributed by atoms with Crippen LogP contribution in [0.1, 0.15) is 44.8 Å². The van der Waals surface area contributed by atoms with Crippen LogP contribution < -0.4 is 5.32 Å². The van der Waals surface area contributed by atoms with E-state index in [4.69, 9.17) is 8.94 Å². The number of furan rings is 1. The van der Waals surface area contributed by atoms with Crippen molar-refractivity contribution in [2.24, 2.45) is 0 Å². The largest absolute Gasteiger partial charge is 0.469 e. The lowest BCUT2D eigenvalue weighted by molar-refractivity contribution is 0.0795. The lowest BCUT2D eigenvalue weighted by atomic mass is 10.1. The molecule has 0 spiro atoms. The predicted molar refractivity (Wildman–Crippen MR) is 131 cm³/mol. The van der Waals surface area contributed by atoms with Gasteiger partial charge in [0, 0.05) is 49.2 Å². The Morgan fingerprint density at radius 1 is 1.03 bits per heavy atom. The van der Waals surface area contributed by atoms with Gasteiger partial charge in [-0.1, -0.05) is 22.9 Å². The van der Waals surface area contributed by atoms with Gasteiger partial charge in [0.1, 0.15) is 5.76 Å². The molecule has 35 heavy (non-hydrogen) atoms. The molecule has 0 saturated heterocycles. The number of hydrogen-bond donors (Lipinski definition) is 1. The van der Waals surface area contributed by atoms with E-state index in [-0.39, 0.29) is 17.9 Å². The Morgan fingerprint density at radius 3 is 2.43 bits per heavy atom. The summed E-state index contributed by atoms with van der Waals surface area (Å²) >= 11 is 0. The van der Waals surface area contributed by atoms with E-state index in [9.17, 15) is 9.59 Å². The first-order valence-electron chi connectivity index (χ1n) is 11.5. The molecule has 0 aliphatic heterocycles. The summed E-state index contributed by atoms with van der Waals surface area (Å²) in [6.07, 6.45) is 2.70. The van der Waals surface area contributed by atoms with E-state index in [1.165, 1.54) is 0 Å². The Kier molecular flexibility index (Phi) is 7.40. The molecular weight excluding hydrogens is 444 g/mol. The van der Waals surface area contributed by atoms with E-state index in [1.807, 2.05) is 50.2 Å². The molecule has 4 aromatic rings. The van der Waals surface area contributed by atoms with Gasteiger partial charge < -0.3 is 19.2 Å². The van der Waals surface area contributed by atoms with Crippen LogP contribution >= 0.6 is 0 Å². The molecule has 2 aromatic carbocycles. The highest BCUT2D eigenvalue weighted by atomic mass is 16.5. The van der Waals surface area contributed by atoms with Gasteiger partial charge in [-0.25, -0.2) is 0 Å². The quantitative estimate of drug-likeness (QED) is 0.389. The van der Waals surface area contributed by atoms with Crippen molar-refractivity contribution in [2.45, 2.75) is 32.7 Å². The molecule has 1 N–H and O–H groups in total. The van der Waals surface area contributed by atoms with Gasteiger partial charge in [0.15, 0.2) is 5.82 Å². The average Bonchev–Trinajstić information content (AvgIpc) is 3.55. The molecule has 0 unspecified atom stereocenters. The molecule has 0 bridgehead atoms. The smallest absolute Gasteiger partial charge is 0.257 e. The first-order chi connectivity index (χ1) is 16.9. The van der Waals surface area contributed by atoms with Crippen molar-refractivity contribution in [1.82, 2.24) is 20.4 Å². The number of aromatic nitrogens is 2. The predicted octanol–water partition coefficient (Wildman–Crippen LogP) is 4.31. The molecule has 0 fully saturated rings. The number of amides is 2. The monoisotopic (exact) mass is 472 g/mol. The average molecular weight is 473 g/mol. The summed E-state index contributed by atoms with van der Waals surface area (Å²) in [5, 5.41) is 6.99. The van der Waals surface area contributed by atoms with Crippen LogP contribution in [0.15, 0.2) is 75.9 Å². The maximum Gasteiger partial charge on any atom is 0.257 e. The summed E-state index contributed by atoms with van der Waals surface area (Å²) in [5.74, 6) is 1.48. The zero-order chi connectivity index (χ0) is 24.8. The maximum absolute atomic E-state index is 12.6. The molecule has 2 aromatic heterocycles. The third-order valence-electron chi connectivity index (χ3n) is 5.64. The second-order valence-electron chi connectivity index (χ2n) is 8.59. The minimum atomic E-state index is -0.164. The lowest BCUT2D eigenvalue weighted by Gasteiger charge is -2.16. The van der Waals surface area contributed by atoms with Gasteiger partial charge in [-0.3, -0.25) is 9.59 Å². The highest BCUT2D eigenvalue weighted by molar-refractivity contribution is 5.95. The summed E-state index contributed by atoms with van der Waals surface area (Å²) in [7, 11) is 1.75. The number of aryl methyl sites for hydroxylation is 1. The van der Waals surface area contributed by atoms with Crippen molar-refractivity contribution in [1.29, 1.82) is 0 Å². The minimum Gasteiger partial charge on any atom is -0.469 e. The zero-order valence-electron chi connectivity index (χ0n) is 20.0. The summed E-state index contributed by atoms with van der Waals surface area (Å²) in [4.78, 5) is 31.2. The highest BCUT2D eigenvalue weighted by Crippen LogP contribution is 2.18. The fourth-order valence-electron chi connectivity index (χ4n) is 3.61. The number of carbonyl (C=O) groups excluding carboxylic acids is 2. The van der Waals surface area contributed by atoms with Crippen molar-refractivity contribution < 1.29 is 18.5 Å². The Balaban J connectivity index is 1.30. The van der Waals surface area contributed by atoms with Gasteiger partial charge in [-0.2, -0.15) is 4.98 Å². The lowest BCUT2D eigenvalue weighted by Crippen LogP contribution is -2.33. The fourth-order valence-corrected chi connectivity index (χ4v) is 3.61. The molecule has 0 aliphatic carbocycles. The zero-order valence-corrected chi connectivity index (χ0v) is 20.0. The fraction of sp³-hybridized carbons (Fsp3) is 0.259. The molecule has 1 atom stereocenters. The molecule has 8 heteroatoms. The normalized spacial score (nSPS) is 11.7. The number of hydrogen-bond acceptors (Lipinski definition) is 6. The topological polar surface area (TPSA) is 101 Å². The molecule has 0 radical (unpaired) electrons. The number of nitrogens with one attached hydrogen (secondary N) is 1. The van der Waals surface area contributed by atoms with Gasteiger partial charge in [0.2, 0.25) is 0 Å². The SMILES string of the molecule is Cc1ccc(C(=O)N(C)CCc2noc(-c3ccc(C(=O)N[C@@H](C)Cc4ccco4)cc3)n2)cc1. The minimum absolute atomic E-state index is 0.0546. The highest BCUT2D eigenvalue weighted by Gasteiger charge is 2.15. The van der Waals surface area contributed by atoms with E-state index in [1.54, 1.807) is 42.5 Å². The summed E-state index contributed by atoms with van der Waals surface area (Å²) < 4.78 is 10.7. The maximum atomic E-state index is 12.6. The van der Waals surface area contributed by atoms with E-state index < -0.39 is 0 Å². The number of likely N-dealkylation sites (N-methyl/N-ethyl adjacent to an activating group) is 1. The van der Waals surface area contributed by atoms with Crippen LogP contribution in [0.3, 0.4) is 0 Å². The van der Waals surface area contributed by atoms with E-state index in [2.05, 4.69) is 15.5 Å². The molecule has 180 valence electrons. The van der Waals surface area contributed by atoms with Crippen molar-refractivity contribution in [3.05, 3.63) is 95.2 Å². The Hall–Kier alpha value is -4.20. The third kappa shape index (κ3) is 6.23. The summed E-state index contributed by atoms with van der Waals surface area (Å²) in [6.45, 7) is 4.38. The molecule has 0 saturated carbocycles. The van der Waals surface area contributed by atoms with Crippen LogP contribution in [-0.2, 0) is 12.8 Å². The van der Waals surface area contributed by atoms with Crippen LogP contribution in [0.2, 0.25) is 0 Å². The first kappa shape index (κ1) is 23.9. The Morgan fingerprint density at radius 2 is 1.74 bits per heavy atom. The molecule has 0 aliphatic rings. The van der Waals surface area contributed by atoms with Crippen LogP contribution in [0, 0.1) is 6.92 Å². The number of benzene rings is 2. The van der Waals surface area contributed by atoms with Gasteiger partial charge in [0.25, 0.3) is 17.7 Å². The van der Waals surface area contributed by atoms with E-state index >= 15 is 0 Å². The molecule has 2 heterocycles. The van der Waals surface area contributed by atoms with Gasteiger partial charge in [0.05, 0.1) is 6.26 Å². The first-order valence-corrected chi connectivity index (χ1v) is 11.5. The van der Waals surface area contributed by atoms with Crippen LogP contribution in [-0.4, -0.2) is 46.5 Å². The summed E-state index contributed by atoms with van der Waals surface area (Å²) in [5.41, 5.74) is 3.01. The Bertz CT molecular complexity index is 1260. The van der Waals surface area contributed by atoms with E-state index in [0.29, 0.717) is 47.8 Å². The summed E-state index contributed by atoms with van der Waals surface area (Å²) in [6, 6.07) is 18.1. The standard InChI is InChI=1S/C27H28N4O4/c1-18-6-8-22(9-7-18)27(33)31(3)15-14-24-29-26(35-30-24)21-12-10-20(11-13-21)25(32)28-19(2)17-23-5-4-16-34-23/h4-13,16,19H,14-15,17H2,1-3H3,(H,28,32)/t19-/m0/s1. The number of rotatable bonds is 9. The van der Waals surface area contributed by atoms with Crippen LogP contribution in [0.25, 0.3) is 11.5 Å². The van der Waals surface area contributed by atoms with Crippen molar-refractivity contribution in [3.8, 4) is 11.5 Å². The van der Waals surface area contributed by atoms with Crippen molar-refractivity contribution in [2.75, 3.05) is 13.6 Å². The number of nitrogens with zero attached hydrogens (tertiary/aromatic N) is 3. The second kappa shape index (κ2) is 10.8. The second-order valence-corrected chi connectivity index (χ2v) is 8.59. The number of carbonyl (C=O) groups is 2. The van der Waals surface area contributed by atoms with Crippen molar-refractivity contribution in [3.63, 3.8) is 0 Å². The molecular formula is C27H28N4O4. The van der Waals surface area contributed by atoms with Gasteiger partial charge >= 0.3 is 0 Å². The van der Waals surface area contributed by atoms with Gasteiger partial charge in [-0.15, -0.1) is 0 Å². The van der Waals surface area contributed by atoms with Gasteiger partial charge in [-0.05, 0) is 62.4 Å². The molecule has 2 amide bonds. The molecule has 4 rings (SSSR count). The van der Waals surface area contributed by atoms with E-state index in [0.717, 1.165) is 11.3 Å². The third-order valence-corrected chi connectivity index (χ3v) is 5.64.